The zero-order valence-electron chi connectivity index (χ0n) is 12.0. The zero-order chi connectivity index (χ0) is 15.2. The maximum absolute atomic E-state index is 11.1. The van der Waals surface area contributed by atoms with Gasteiger partial charge in [0.05, 0.1) is 12.1 Å². The average Bonchev–Trinajstić information content (AvgIpc) is 2.61. The van der Waals surface area contributed by atoms with Crippen molar-refractivity contribution in [3.63, 3.8) is 0 Å². The fourth-order valence-electron chi connectivity index (χ4n) is 2.26. The Morgan fingerprint density at radius 3 is 2.95 bits per heavy atom. The van der Waals surface area contributed by atoms with Crippen LogP contribution in [0.5, 0.6) is 0 Å². The average molecular weight is 312 g/mol. The molecule has 1 aromatic rings. The largest absolute Gasteiger partial charge is 0.481 e. The first-order chi connectivity index (χ1) is 10.0. The van der Waals surface area contributed by atoms with Crippen LogP contribution in [0.4, 0.5) is 5.13 Å². The third kappa shape index (κ3) is 5.07. The van der Waals surface area contributed by atoms with Crippen LogP contribution in [0.15, 0.2) is 0 Å². The van der Waals surface area contributed by atoms with E-state index in [4.69, 9.17) is 5.11 Å². The van der Waals surface area contributed by atoms with Gasteiger partial charge in [0.2, 0.25) is 5.91 Å². The van der Waals surface area contributed by atoms with Crippen molar-refractivity contribution in [1.29, 1.82) is 0 Å². The van der Waals surface area contributed by atoms with E-state index in [9.17, 15) is 9.59 Å². The summed E-state index contributed by atoms with van der Waals surface area (Å²) in [6.45, 7) is 5.96. The first kappa shape index (κ1) is 15.9. The molecule has 0 aliphatic carbocycles. The van der Waals surface area contributed by atoms with Crippen LogP contribution in [-0.2, 0) is 22.6 Å². The molecule has 1 saturated heterocycles. The normalized spacial score (nSPS) is 16.4. The Morgan fingerprint density at radius 2 is 2.24 bits per heavy atom. The van der Waals surface area contributed by atoms with Gasteiger partial charge in [0.1, 0.15) is 0 Å². The van der Waals surface area contributed by atoms with Crippen LogP contribution >= 0.6 is 11.3 Å². The standard InChI is InChI=1S/C13H20N4O3S/c1-9(18)15-13-16-10(7-12(19)20)11(21-13)8-17-5-2-3-14-4-6-17/h14H,2-8H2,1H3,(H,19,20)(H,15,16,18). The van der Waals surface area contributed by atoms with Gasteiger partial charge in [0.25, 0.3) is 0 Å². The summed E-state index contributed by atoms with van der Waals surface area (Å²) in [7, 11) is 0. The molecule has 8 heteroatoms. The van der Waals surface area contributed by atoms with Gasteiger partial charge in [-0.05, 0) is 19.5 Å². The van der Waals surface area contributed by atoms with E-state index in [0.717, 1.165) is 37.5 Å². The van der Waals surface area contributed by atoms with E-state index in [1.807, 2.05) is 0 Å². The Morgan fingerprint density at radius 1 is 1.43 bits per heavy atom. The summed E-state index contributed by atoms with van der Waals surface area (Å²) in [6.07, 6.45) is 0.961. The van der Waals surface area contributed by atoms with Crippen LogP contribution < -0.4 is 10.6 Å². The molecule has 0 unspecified atom stereocenters. The van der Waals surface area contributed by atoms with Gasteiger partial charge in [-0.25, -0.2) is 4.98 Å². The predicted octanol–water partition coefficient (Wildman–Crippen LogP) is 0.524. The molecule has 0 atom stereocenters. The highest BCUT2D eigenvalue weighted by Crippen LogP contribution is 2.25. The van der Waals surface area contributed by atoms with Crippen molar-refractivity contribution < 1.29 is 14.7 Å². The Bertz CT molecular complexity index is 510. The fourth-order valence-corrected chi connectivity index (χ4v) is 3.32. The molecule has 1 fully saturated rings. The van der Waals surface area contributed by atoms with Crippen molar-refractivity contribution in [2.75, 3.05) is 31.5 Å². The van der Waals surface area contributed by atoms with Crippen LogP contribution in [0.25, 0.3) is 0 Å². The quantitative estimate of drug-likeness (QED) is 0.734. The van der Waals surface area contributed by atoms with Crippen molar-refractivity contribution >= 4 is 28.3 Å². The highest BCUT2D eigenvalue weighted by atomic mass is 32.1. The summed E-state index contributed by atoms with van der Waals surface area (Å²) >= 11 is 1.36. The summed E-state index contributed by atoms with van der Waals surface area (Å²) in [5.74, 6) is -1.11. The van der Waals surface area contributed by atoms with E-state index in [0.29, 0.717) is 17.4 Å². The van der Waals surface area contributed by atoms with Gasteiger partial charge in [-0.1, -0.05) is 0 Å². The number of nitrogens with one attached hydrogen (secondary N) is 2. The van der Waals surface area contributed by atoms with Crippen molar-refractivity contribution in [3.05, 3.63) is 10.6 Å². The minimum atomic E-state index is -0.909. The number of carbonyl (C=O) groups excluding carboxylic acids is 1. The van der Waals surface area contributed by atoms with Crippen LogP contribution in [0.1, 0.15) is 23.9 Å². The second-order valence-electron chi connectivity index (χ2n) is 5.02. The topological polar surface area (TPSA) is 94.6 Å². The third-order valence-electron chi connectivity index (χ3n) is 3.18. The lowest BCUT2D eigenvalue weighted by molar-refractivity contribution is -0.136. The summed E-state index contributed by atoms with van der Waals surface area (Å²) in [5.41, 5.74) is 0.549. The van der Waals surface area contributed by atoms with Crippen molar-refractivity contribution in [1.82, 2.24) is 15.2 Å². The van der Waals surface area contributed by atoms with E-state index in [1.165, 1.54) is 18.3 Å². The lowest BCUT2D eigenvalue weighted by Gasteiger charge is -2.18. The number of rotatable bonds is 5. The molecule has 0 aromatic carbocycles. The number of thiazole rings is 1. The number of carboxylic acid groups (broad SMARTS) is 1. The van der Waals surface area contributed by atoms with Crippen molar-refractivity contribution in [3.8, 4) is 0 Å². The maximum atomic E-state index is 11.1. The molecule has 1 amide bonds. The Labute approximate surface area is 127 Å². The Hall–Kier alpha value is -1.51. The predicted molar refractivity (Wildman–Crippen MR) is 80.5 cm³/mol. The number of carboxylic acids is 1. The smallest absolute Gasteiger partial charge is 0.309 e. The minimum absolute atomic E-state index is 0.114. The molecule has 0 saturated carbocycles. The monoisotopic (exact) mass is 312 g/mol. The molecule has 116 valence electrons. The lowest BCUT2D eigenvalue weighted by Crippen LogP contribution is -2.27. The van der Waals surface area contributed by atoms with Gasteiger partial charge in [-0.3, -0.25) is 14.5 Å². The summed E-state index contributed by atoms with van der Waals surface area (Å²) in [5, 5.41) is 15.4. The number of hydrogen-bond acceptors (Lipinski definition) is 6. The van der Waals surface area contributed by atoms with Crippen LogP contribution in [0.2, 0.25) is 0 Å². The van der Waals surface area contributed by atoms with Gasteiger partial charge in [-0.2, -0.15) is 0 Å². The van der Waals surface area contributed by atoms with E-state index in [-0.39, 0.29) is 12.3 Å². The number of aromatic nitrogens is 1. The van der Waals surface area contributed by atoms with E-state index in [1.54, 1.807) is 0 Å². The molecule has 21 heavy (non-hydrogen) atoms. The van der Waals surface area contributed by atoms with Gasteiger partial charge >= 0.3 is 5.97 Å². The molecule has 2 heterocycles. The summed E-state index contributed by atoms with van der Waals surface area (Å²) < 4.78 is 0. The second kappa shape index (κ2) is 7.48. The number of carbonyl (C=O) groups is 2. The Kier molecular flexibility index (Phi) is 5.66. The molecule has 1 aliphatic heterocycles. The van der Waals surface area contributed by atoms with Crippen molar-refractivity contribution in [2.24, 2.45) is 0 Å². The number of aliphatic carboxylic acids is 1. The Balaban J connectivity index is 2.12. The molecule has 1 aliphatic rings. The first-order valence-electron chi connectivity index (χ1n) is 6.95. The fraction of sp³-hybridized carbons (Fsp3) is 0.615. The van der Waals surface area contributed by atoms with Gasteiger partial charge in [0.15, 0.2) is 5.13 Å². The number of anilines is 1. The second-order valence-corrected chi connectivity index (χ2v) is 6.10. The van der Waals surface area contributed by atoms with Crippen LogP contribution in [0.3, 0.4) is 0 Å². The van der Waals surface area contributed by atoms with Crippen LogP contribution in [-0.4, -0.2) is 53.0 Å². The molecule has 0 bridgehead atoms. The molecule has 0 spiro atoms. The minimum Gasteiger partial charge on any atom is -0.481 e. The molecular weight excluding hydrogens is 292 g/mol. The van der Waals surface area contributed by atoms with Gasteiger partial charge in [-0.15, -0.1) is 11.3 Å². The zero-order valence-corrected chi connectivity index (χ0v) is 12.8. The molecule has 3 N–H and O–H groups in total. The highest BCUT2D eigenvalue weighted by molar-refractivity contribution is 7.15. The lowest BCUT2D eigenvalue weighted by atomic mass is 10.2. The van der Waals surface area contributed by atoms with Gasteiger partial charge < -0.3 is 15.7 Å². The highest BCUT2D eigenvalue weighted by Gasteiger charge is 2.18. The van der Waals surface area contributed by atoms with Crippen LogP contribution in [0, 0.1) is 0 Å². The first-order valence-corrected chi connectivity index (χ1v) is 7.77. The van der Waals surface area contributed by atoms with E-state index < -0.39 is 5.97 Å². The van der Waals surface area contributed by atoms with E-state index >= 15 is 0 Å². The SMILES string of the molecule is CC(=O)Nc1nc(CC(=O)O)c(CN2CCCNCC2)s1. The molecule has 1 aromatic heterocycles. The van der Waals surface area contributed by atoms with Crippen molar-refractivity contribution in [2.45, 2.75) is 26.3 Å². The van der Waals surface area contributed by atoms with Gasteiger partial charge in [0, 0.05) is 31.4 Å². The molecule has 0 radical (unpaired) electrons. The molecule has 2 rings (SSSR count). The summed E-state index contributed by atoms with van der Waals surface area (Å²) in [6, 6.07) is 0. The number of amides is 1. The maximum Gasteiger partial charge on any atom is 0.309 e. The number of hydrogen-bond donors (Lipinski definition) is 3. The van der Waals surface area contributed by atoms with E-state index in [2.05, 4.69) is 20.5 Å². The third-order valence-corrected chi connectivity index (χ3v) is 4.18. The number of nitrogens with zero attached hydrogens (tertiary/aromatic N) is 2. The molecule has 7 nitrogen and oxygen atoms in total. The molecular formula is C13H20N4O3S. The summed E-state index contributed by atoms with van der Waals surface area (Å²) in [4.78, 5) is 29.5.